The Morgan fingerprint density at radius 2 is 1.89 bits per heavy atom. The molecule has 0 spiro atoms. The molecule has 1 aliphatic heterocycles. The summed E-state index contributed by atoms with van der Waals surface area (Å²) in [6.45, 7) is 9.89. The average molecular weight is 369 g/mol. The zero-order chi connectivity index (χ0) is 19.2. The van der Waals surface area contributed by atoms with Crippen molar-refractivity contribution in [3.63, 3.8) is 0 Å². The maximum absolute atomic E-state index is 13.4. The second-order valence-electron chi connectivity index (χ2n) is 7.93. The summed E-state index contributed by atoms with van der Waals surface area (Å²) >= 11 is 0. The first-order valence-corrected chi connectivity index (χ1v) is 10.3. The monoisotopic (exact) mass is 368 g/mol. The number of amides is 1. The van der Waals surface area contributed by atoms with Crippen molar-refractivity contribution < 1.29 is 4.79 Å². The Morgan fingerprint density at radius 3 is 2.56 bits per heavy atom. The van der Waals surface area contributed by atoms with E-state index in [-0.39, 0.29) is 18.0 Å². The first-order valence-electron chi connectivity index (χ1n) is 10.3. The summed E-state index contributed by atoms with van der Waals surface area (Å²) in [5.74, 6) is -0.0303. The lowest BCUT2D eigenvalue weighted by molar-refractivity contribution is 0.0595. The molecule has 5 nitrogen and oxygen atoms in total. The van der Waals surface area contributed by atoms with E-state index >= 15 is 0 Å². The summed E-state index contributed by atoms with van der Waals surface area (Å²) in [4.78, 5) is 15.3. The van der Waals surface area contributed by atoms with Crippen LogP contribution in [0.5, 0.6) is 0 Å². The first-order chi connectivity index (χ1) is 13.1. The van der Waals surface area contributed by atoms with Crippen molar-refractivity contribution in [1.82, 2.24) is 19.9 Å². The highest BCUT2D eigenvalue weighted by Crippen LogP contribution is 2.29. The van der Waals surface area contributed by atoms with E-state index in [1.165, 1.54) is 31.3 Å². The molecule has 2 aliphatic rings. The van der Waals surface area contributed by atoms with Crippen molar-refractivity contribution in [3.8, 4) is 0 Å². The molecular weight excluding hydrogens is 336 g/mol. The van der Waals surface area contributed by atoms with E-state index in [4.69, 9.17) is 0 Å². The van der Waals surface area contributed by atoms with Crippen molar-refractivity contribution in [2.75, 3.05) is 0 Å². The van der Waals surface area contributed by atoms with Gasteiger partial charge in [-0.15, -0.1) is 18.3 Å². The van der Waals surface area contributed by atoms with Crippen LogP contribution < -0.4 is 0 Å². The minimum atomic E-state index is -0.0303. The lowest BCUT2D eigenvalue weighted by Crippen LogP contribution is -2.48. The molecule has 1 aromatic rings. The molecule has 1 aliphatic carbocycles. The zero-order valence-electron chi connectivity index (χ0n) is 16.5. The predicted octanol–water partition coefficient (Wildman–Crippen LogP) is 4.86. The summed E-state index contributed by atoms with van der Waals surface area (Å²) in [7, 11) is 0. The molecule has 1 fully saturated rings. The molecule has 0 N–H and O–H groups in total. The van der Waals surface area contributed by atoms with Crippen molar-refractivity contribution in [3.05, 3.63) is 48.8 Å². The van der Waals surface area contributed by atoms with E-state index in [1.807, 2.05) is 27.9 Å². The molecule has 146 valence electrons. The summed E-state index contributed by atoms with van der Waals surface area (Å²) < 4.78 is 1.93. The zero-order valence-corrected chi connectivity index (χ0v) is 16.5. The molecule has 3 rings (SSSR count). The normalized spacial score (nSPS) is 24.2. The van der Waals surface area contributed by atoms with E-state index in [2.05, 4.69) is 36.5 Å². The summed E-state index contributed by atoms with van der Waals surface area (Å²) in [5, 5.41) is 8.57. The Bertz CT molecular complexity index is 697. The van der Waals surface area contributed by atoms with Gasteiger partial charge in [0.2, 0.25) is 0 Å². The number of rotatable bonds is 6. The van der Waals surface area contributed by atoms with Crippen molar-refractivity contribution in [1.29, 1.82) is 0 Å². The molecule has 5 heteroatoms. The maximum Gasteiger partial charge on any atom is 0.276 e. The fourth-order valence-electron chi connectivity index (χ4n) is 4.48. The molecule has 0 radical (unpaired) electrons. The van der Waals surface area contributed by atoms with E-state index in [1.54, 1.807) is 0 Å². The van der Waals surface area contributed by atoms with Crippen LogP contribution in [0.1, 0.15) is 81.2 Å². The van der Waals surface area contributed by atoms with Crippen LogP contribution in [0.3, 0.4) is 0 Å². The Hall–Kier alpha value is -2.17. The van der Waals surface area contributed by atoms with Gasteiger partial charge in [0.1, 0.15) is 0 Å². The maximum atomic E-state index is 13.4. The molecule has 27 heavy (non-hydrogen) atoms. The standard InChI is InChI=1S/C22H32N4O/c1-4-10-19-14-17(3)15-20(11-5-2)26(19)22(27)21-16-25(24-23-21)18-12-8-6-7-9-13-18/h4-5,14,16,18-20H,1-2,6-13,15H2,3H3/t19-,20-/m0/s1. The summed E-state index contributed by atoms with van der Waals surface area (Å²) in [6.07, 6.45) is 17.5. The van der Waals surface area contributed by atoms with Crippen LogP contribution in [0.25, 0.3) is 0 Å². The first kappa shape index (κ1) is 19.6. The third-order valence-corrected chi connectivity index (χ3v) is 5.79. The number of nitrogens with zero attached hydrogens (tertiary/aromatic N) is 4. The number of carbonyl (C=O) groups excluding carboxylic acids is 1. The van der Waals surface area contributed by atoms with E-state index in [0.717, 1.165) is 32.1 Å². The Balaban J connectivity index is 1.83. The van der Waals surface area contributed by atoms with Crippen LogP contribution in [0.15, 0.2) is 43.2 Å². The van der Waals surface area contributed by atoms with E-state index in [9.17, 15) is 4.79 Å². The summed E-state index contributed by atoms with van der Waals surface area (Å²) in [6, 6.07) is 0.516. The lowest BCUT2D eigenvalue weighted by Gasteiger charge is -2.40. The predicted molar refractivity (Wildman–Crippen MR) is 109 cm³/mol. The second kappa shape index (κ2) is 9.16. The Morgan fingerprint density at radius 1 is 1.19 bits per heavy atom. The topological polar surface area (TPSA) is 51.0 Å². The Labute approximate surface area is 162 Å². The molecule has 2 heterocycles. The SMILES string of the molecule is C=CC[C@H]1CC(C)=C[C@H](CC=C)N1C(=O)c1cn(C2CCCCCC2)nn1. The lowest BCUT2D eigenvalue weighted by atomic mass is 9.92. The van der Waals surface area contributed by atoms with Crippen molar-refractivity contribution in [2.45, 2.75) is 82.8 Å². The molecule has 1 aromatic heterocycles. The van der Waals surface area contributed by atoms with Crippen LogP contribution in [0, 0.1) is 0 Å². The molecule has 2 atom stereocenters. The van der Waals surface area contributed by atoms with Crippen molar-refractivity contribution in [2.24, 2.45) is 0 Å². The van der Waals surface area contributed by atoms with E-state index in [0.29, 0.717) is 11.7 Å². The largest absolute Gasteiger partial charge is 0.327 e. The van der Waals surface area contributed by atoms with Gasteiger partial charge in [-0.25, -0.2) is 4.68 Å². The van der Waals surface area contributed by atoms with Gasteiger partial charge < -0.3 is 4.90 Å². The number of hydrogen-bond donors (Lipinski definition) is 0. The molecular formula is C22H32N4O. The van der Waals surface area contributed by atoms with Gasteiger partial charge >= 0.3 is 0 Å². The third-order valence-electron chi connectivity index (χ3n) is 5.79. The molecule has 0 aromatic carbocycles. The Kier molecular flexibility index (Phi) is 6.64. The van der Waals surface area contributed by atoms with Gasteiger partial charge in [-0.05, 0) is 39.0 Å². The molecule has 0 unspecified atom stereocenters. The van der Waals surface area contributed by atoms with Gasteiger partial charge in [0.05, 0.1) is 18.3 Å². The van der Waals surface area contributed by atoms with Gasteiger partial charge in [0.25, 0.3) is 5.91 Å². The van der Waals surface area contributed by atoms with Crippen LogP contribution >= 0.6 is 0 Å². The minimum absolute atomic E-state index is 0.0248. The van der Waals surface area contributed by atoms with Gasteiger partial charge in [-0.2, -0.15) is 0 Å². The summed E-state index contributed by atoms with van der Waals surface area (Å²) in [5.41, 5.74) is 1.77. The fourth-order valence-corrected chi connectivity index (χ4v) is 4.48. The van der Waals surface area contributed by atoms with E-state index < -0.39 is 0 Å². The van der Waals surface area contributed by atoms with Gasteiger partial charge in [-0.3, -0.25) is 4.79 Å². The second-order valence-corrected chi connectivity index (χ2v) is 7.93. The third kappa shape index (κ3) is 4.57. The quantitative estimate of drug-likeness (QED) is 0.532. The highest BCUT2D eigenvalue weighted by atomic mass is 16.2. The highest BCUT2D eigenvalue weighted by molar-refractivity contribution is 5.92. The molecule has 0 bridgehead atoms. The van der Waals surface area contributed by atoms with Crippen molar-refractivity contribution >= 4 is 5.91 Å². The number of hydrogen-bond acceptors (Lipinski definition) is 3. The number of carbonyl (C=O) groups is 1. The van der Waals surface area contributed by atoms with Gasteiger partial charge in [-0.1, -0.05) is 54.7 Å². The van der Waals surface area contributed by atoms with Crippen LogP contribution in [0.2, 0.25) is 0 Å². The smallest absolute Gasteiger partial charge is 0.276 e. The molecule has 1 amide bonds. The fraction of sp³-hybridized carbons (Fsp3) is 0.591. The molecule has 1 saturated carbocycles. The van der Waals surface area contributed by atoms with Gasteiger partial charge in [0, 0.05) is 6.04 Å². The number of aromatic nitrogens is 3. The van der Waals surface area contributed by atoms with Crippen LogP contribution in [-0.2, 0) is 0 Å². The van der Waals surface area contributed by atoms with Crippen LogP contribution in [0.4, 0.5) is 0 Å². The minimum Gasteiger partial charge on any atom is -0.327 e. The van der Waals surface area contributed by atoms with Crippen LogP contribution in [-0.4, -0.2) is 37.9 Å². The molecule has 0 saturated heterocycles. The average Bonchev–Trinajstić information content (AvgIpc) is 2.97. The van der Waals surface area contributed by atoms with Gasteiger partial charge in [0.15, 0.2) is 5.69 Å². The highest BCUT2D eigenvalue weighted by Gasteiger charge is 2.34.